The van der Waals surface area contributed by atoms with E-state index in [0.29, 0.717) is 16.9 Å². The molecular formula is C22H14O7. The van der Waals surface area contributed by atoms with Gasteiger partial charge in [-0.05, 0) is 36.4 Å². The van der Waals surface area contributed by atoms with Crippen LogP contribution in [0.4, 0.5) is 0 Å². The molecule has 0 aliphatic carbocycles. The molecule has 0 bridgehead atoms. The number of hydrogen-bond acceptors (Lipinski definition) is 7. The fraction of sp³-hybridized carbons (Fsp3) is 0.0909. The highest BCUT2D eigenvalue weighted by molar-refractivity contribution is 5.93. The second-order valence-corrected chi connectivity index (χ2v) is 6.78. The van der Waals surface area contributed by atoms with Crippen LogP contribution < -0.4 is 10.2 Å². The van der Waals surface area contributed by atoms with Crippen molar-refractivity contribution < 1.29 is 28.6 Å². The fourth-order valence-corrected chi connectivity index (χ4v) is 3.66. The van der Waals surface area contributed by atoms with Crippen molar-refractivity contribution in [2.75, 3.05) is 0 Å². The summed E-state index contributed by atoms with van der Waals surface area (Å²) in [6, 6.07) is 12.1. The number of esters is 1. The molecule has 0 spiro atoms. The van der Waals surface area contributed by atoms with E-state index in [1.54, 1.807) is 24.3 Å². The largest absolute Gasteiger partial charge is 0.508 e. The molecule has 29 heavy (non-hydrogen) atoms. The second-order valence-electron chi connectivity index (χ2n) is 6.78. The highest BCUT2D eigenvalue weighted by Gasteiger charge is 2.35. The highest BCUT2D eigenvalue weighted by Crippen LogP contribution is 2.46. The molecule has 2 N–H and O–H groups in total. The molecule has 144 valence electrons. The van der Waals surface area contributed by atoms with E-state index < -0.39 is 17.3 Å². The first-order valence-corrected chi connectivity index (χ1v) is 8.88. The van der Waals surface area contributed by atoms with Crippen molar-refractivity contribution in [1.82, 2.24) is 0 Å². The van der Waals surface area contributed by atoms with E-state index >= 15 is 0 Å². The van der Waals surface area contributed by atoms with E-state index in [1.807, 2.05) is 0 Å². The van der Waals surface area contributed by atoms with Gasteiger partial charge in [-0.2, -0.15) is 0 Å². The van der Waals surface area contributed by atoms with Gasteiger partial charge in [-0.3, -0.25) is 9.59 Å². The summed E-state index contributed by atoms with van der Waals surface area (Å²) in [6.07, 6.45) is 1.50. The van der Waals surface area contributed by atoms with Gasteiger partial charge in [0.25, 0.3) is 0 Å². The summed E-state index contributed by atoms with van der Waals surface area (Å²) in [7, 11) is 0. The van der Waals surface area contributed by atoms with Gasteiger partial charge in [0.2, 0.25) is 0 Å². The Morgan fingerprint density at radius 2 is 1.79 bits per heavy atom. The molecule has 3 heterocycles. The molecule has 1 aliphatic heterocycles. The molecule has 2 aromatic carbocycles. The van der Waals surface area contributed by atoms with Crippen LogP contribution in [0.2, 0.25) is 0 Å². The van der Waals surface area contributed by atoms with Crippen LogP contribution in [0.5, 0.6) is 17.2 Å². The number of carbonyl (C=O) groups is 1. The molecule has 7 heteroatoms. The van der Waals surface area contributed by atoms with Crippen LogP contribution >= 0.6 is 0 Å². The van der Waals surface area contributed by atoms with Crippen LogP contribution in [0.1, 0.15) is 23.7 Å². The number of ether oxygens (including phenoxy) is 1. The summed E-state index contributed by atoms with van der Waals surface area (Å²) < 4.78 is 16.8. The van der Waals surface area contributed by atoms with Gasteiger partial charge in [-0.25, -0.2) is 0 Å². The summed E-state index contributed by atoms with van der Waals surface area (Å²) in [5.74, 6) is -0.358. The summed E-state index contributed by atoms with van der Waals surface area (Å²) in [4.78, 5) is 24.9. The van der Waals surface area contributed by atoms with Crippen molar-refractivity contribution in [3.05, 3.63) is 76.3 Å². The lowest BCUT2D eigenvalue weighted by molar-refractivity contribution is -0.135. The second kappa shape index (κ2) is 6.27. The van der Waals surface area contributed by atoms with Gasteiger partial charge in [0, 0.05) is 23.3 Å². The average Bonchev–Trinajstić information content (AvgIpc) is 3.22. The van der Waals surface area contributed by atoms with Crippen LogP contribution in [-0.2, 0) is 4.79 Å². The summed E-state index contributed by atoms with van der Waals surface area (Å²) >= 11 is 0. The number of phenolic OH excluding ortho intramolecular Hbond substituents is 2. The van der Waals surface area contributed by atoms with Crippen molar-refractivity contribution in [2.24, 2.45) is 0 Å². The lowest BCUT2D eigenvalue weighted by Crippen LogP contribution is -2.21. The Morgan fingerprint density at radius 3 is 2.52 bits per heavy atom. The third kappa shape index (κ3) is 2.75. The summed E-state index contributed by atoms with van der Waals surface area (Å²) in [5.41, 5.74) is 0.723. The average molecular weight is 390 g/mol. The zero-order valence-corrected chi connectivity index (χ0v) is 14.9. The van der Waals surface area contributed by atoms with Gasteiger partial charge in [0.05, 0.1) is 18.6 Å². The van der Waals surface area contributed by atoms with E-state index in [9.17, 15) is 19.8 Å². The third-order valence-corrected chi connectivity index (χ3v) is 4.96. The van der Waals surface area contributed by atoms with Crippen molar-refractivity contribution >= 4 is 16.9 Å². The number of hydrogen-bond donors (Lipinski definition) is 2. The van der Waals surface area contributed by atoms with Crippen LogP contribution in [0.25, 0.3) is 22.3 Å². The smallest absolute Gasteiger partial charge is 0.312 e. The normalized spacial score (nSPS) is 15.9. The Morgan fingerprint density at radius 1 is 1.00 bits per heavy atom. The van der Waals surface area contributed by atoms with E-state index in [4.69, 9.17) is 13.6 Å². The summed E-state index contributed by atoms with van der Waals surface area (Å²) in [5, 5.41) is 19.9. The van der Waals surface area contributed by atoms with Gasteiger partial charge in [-0.15, -0.1) is 0 Å². The molecule has 0 saturated carbocycles. The quantitative estimate of drug-likeness (QED) is 0.394. The molecule has 0 fully saturated rings. The van der Waals surface area contributed by atoms with E-state index in [-0.39, 0.29) is 40.4 Å². The minimum absolute atomic E-state index is 0.000725. The highest BCUT2D eigenvalue weighted by atomic mass is 16.5. The minimum atomic E-state index is -0.525. The first kappa shape index (κ1) is 17.1. The van der Waals surface area contributed by atoms with Gasteiger partial charge >= 0.3 is 5.97 Å². The van der Waals surface area contributed by atoms with Crippen molar-refractivity contribution in [3.8, 4) is 28.6 Å². The number of phenols is 2. The first-order chi connectivity index (χ1) is 14.0. The van der Waals surface area contributed by atoms with E-state index in [1.165, 1.54) is 30.5 Å². The minimum Gasteiger partial charge on any atom is -0.508 e. The third-order valence-electron chi connectivity index (χ3n) is 4.96. The van der Waals surface area contributed by atoms with Crippen molar-refractivity contribution in [2.45, 2.75) is 12.3 Å². The maximum atomic E-state index is 12.8. The molecular weight excluding hydrogens is 376 g/mol. The van der Waals surface area contributed by atoms with Gasteiger partial charge in [-0.1, -0.05) is 0 Å². The zero-order chi connectivity index (χ0) is 20.1. The van der Waals surface area contributed by atoms with Crippen molar-refractivity contribution in [3.63, 3.8) is 0 Å². The Bertz CT molecular complexity index is 1300. The molecule has 0 unspecified atom stereocenters. The number of benzene rings is 2. The molecule has 0 radical (unpaired) electrons. The van der Waals surface area contributed by atoms with Crippen LogP contribution in [-0.4, -0.2) is 16.2 Å². The molecule has 0 saturated heterocycles. The number of furan rings is 1. The molecule has 7 nitrogen and oxygen atoms in total. The predicted octanol–water partition coefficient (Wildman–Crippen LogP) is 3.91. The lowest BCUT2D eigenvalue weighted by Gasteiger charge is -2.24. The Labute approximate surface area is 163 Å². The number of rotatable bonds is 2. The Hall–Kier alpha value is -4.00. The van der Waals surface area contributed by atoms with Gasteiger partial charge in [0.15, 0.2) is 5.43 Å². The Kier molecular flexibility index (Phi) is 3.70. The maximum Gasteiger partial charge on any atom is 0.312 e. The van der Waals surface area contributed by atoms with Crippen molar-refractivity contribution in [1.29, 1.82) is 0 Å². The molecule has 0 amide bonds. The fourth-order valence-electron chi connectivity index (χ4n) is 3.66. The van der Waals surface area contributed by atoms with E-state index in [0.717, 1.165) is 0 Å². The van der Waals surface area contributed by atoms with Crippen LogP contribution in [0, 0.1) is 0 Å². The standard InChI is InChI=1S/C22H14O7/c23-12-5-3-11(4-6-12)17-9-14(24)21-15(25)10-18-20(22(21)29-17)13(8-19(26)28-18)16-2-1-7-27-16/h1-7,9-10,13,23,25H,8H2/t13-/m0/s1. The van der Waals surface area contributed by atoms with Gasteiger partial charge in [0.1, 0.15) is 39.7 Å². The SMILES string of the molecule is O=C1C[C@@H](c2ccco2)c2c(cc(O)c3c(=O)cc(-c4ccc(O)cc4)oc23)O1. The predicted molar refractivity (Wildman–Crippen MR) is 102 cm³/mol. The number of fused-ring (bicyclic) bond motifs is 3. The number of carbonyl (C=O) groups excluding carboxylic acids is 1. The number of aromatic hydroxyl groups is 2. The molecule has 1 atom stereocenters. The molecule has 2 aromatic heterocycles. The Balaban J connectivity index is 1.83. The van der Waals surface area contributed by atoms with E-state index in [2.05, 4.69) is 0 Å². The molecule has 5 rings (SSSR count). The van der Waals surface area contributed by atoms with Crippen LogP contribution in [0.3, 0.4) is 0 Å². The van der Waals surface area contributed by atoms with Gasteiger partial charge < -0.3 is 23.8 Å². The maximum absolute atomic E-state index is 12.8. The monoisotopic (exact) mass is 390 g/mol. The molecule has 4 aromatic rings. The van der Waals surface area contributed by atoms with Crippen LogP contribution in [0.15, 0.2) is 68.4 Å². The zero-order valence-electron chi connectivity index (χ0n) is 14.9. The lowest BCUT2D eigenvalue weighted by atomic mass is 9.88. The molecule has 1 aliphatic rings. The first-order valence-electron chi connectivity index (χ1n) is 8.88. The topological polar surface area (TPSA) is 110 Å². The summed E-state index contributed by atoms with van der Waals surface area (Å²) in [6.45, 7) is 0.